The van der Waals surface area contributed by atoms with Crippen LogP contribution in [0.15, 0.2) is 0 Å². The molecule has 5 rings (SSSR count). The number of hydrogen-bond donors (Lipinski definition) is 1. The van der Waals surface area contributed by atoms with E-state index in [1.54, 1.807) is 0 Å². The van der Waals surface area contributed by atoms with E-state index in [-0.39, 0.29) is 17.4 Å². The topological polar surface area (TPSA) is 82.8 Å². The molecule has 3 aliphatic heterocycles. The van der Waals surface area contributed by atoms with Gasteiger partial charge in [0, 0.05) is 50.8 Å². The van der Waals surface area contributed by atoms with Crippen LogP contribution in [0.25, 0.3) is 11.2 Å². The zero-order valence-electron chi connectivity index (χ0n) is 17.2. The zero-order chi connectivity index (χ0) is 20.3. The van der Waals surface area contributed by atoms with Gasteiger partial charge in [0.25, 0.3) is 0 Å². The summed E-state index contributed by atoms with van der Waals surface area (Å²) >= 11 is 6.23. The first-order valence-corrected chi connectivity index (χ1v) is 10.6. The first-order valence-electron chi connectivity index (χ1n) is 10.2. The van der Waals surface area contributed by atoms with E-state index in [2.05, 4.69) is 38.5 Å². The lowest BCUT2D eigenvalue weighted by Crippen LogP contribution is -2.82. The Hall–Kier alpha value is -1.52. The van der Waals surface area contributed by atoms with Gasteiger partial charge in [0.1, 0.15) is 5.82 Å². The molecule has 3 fully saturated rings. The number of aromatic nitrogens is 4. The van der Waals surface area contributed by atoms with Crippen molar-refractivity contribution in [3.8, 4) is 0 Å². The van der Waals surface area contributed by atoms with E-state index < -0.39 is 0 Å². The van der Waals surface area contributed by atoms with Crippen molar-refractivity contribution in [2.75, 3.05) is 50.9 Å². The van der Waals surface area contributed by atoms with Gasteiger partial charge in [-0.3, -0.25) is 9.80 Å². The number of ether oxygens (including phenoxy) is 1. The Morgan fingerprint density at radius 3 is 2.55 bits per heavy atom. The molecule has 29 heavy (non-hydrogen) atoms. The fourth-order valence-electron chi connectivity index (χ4n) is 4.70. The van der Waals surface area contributed by atoms with Crippen LogP contribution < -0.4 is 4.90 Å². The second kappa shape index (κ2) is 7.02. The number of imidazole rings is 1. The van der Waals surface area contributed by atoms with Crippen molar-refractivity contribution in [2.45, 2.75) is 38.0 Å². The third kappa shape index (κ3) is 3.11. The van der Waals surface area contributed by atoms with Gasteiger partial charge >= 0.3 is 0 Å². The molecule has 3 saturated heterocycles. The van der Waals surface area contributed by atoms with Crippen LogP contribution in [-0.2, 0) is 18.3 Å². The molecule has 0 aliphatic carbocycles. The highest BCUT2D eigenvalue weighted by atomic mass is 35.5. The number of hydrogen-bond acceptors (Lipinski definition) is 8. The zero-order valence-corrected chi connectivity index (χ0v) is 17.9. The van der Waals surface area contributed by atoms with Crippen molar-refractivity contribution >= 4 is 28.6 Å². The molecule has 3 aliphatic rings. The average Bonchev–Trinajstić information content (AvgIpc) is 3.01. The van der Waals surface area contributed by atoms with E-state index in [9.17, 15) is 5.11 Å². The first-order chi connectivity index (χ1) is 13.9. The quantitative estimate of drug-likeness (QED) is 0.698. The third-order valence-corrected chi connectivity index (χ3v) is 6.87. The van der Waals surface area contributed by atoms with Gasteiger partial charge in [-0.2, -0.15) is 9.97 Å². The molecule has 2 atom stereocenters. The van der Waals surface area contributed by atoms with Crippen LogP contribution in [0.2, 0.25) is 5.28 Å². The molecular formula is C19H28ClN7O2. The number of aliphatic hydroxyl groups excluding tert-OH is 1. The predicted octanol–water partition coefficient (Wildman–Crippen LogP) is 0.493. The monoisotopic (exact) mass is 421 g/mol. The molecule has 0 radical (unpaired) electrons. The lowest BCUT2D eigenvalue weighted by atomic mass is 9.81. The van der Waals surface area contributed by atoms with Crippen molar-refractivity contribution in [3.05, 3.63) is 11.1 Å². The van der Waals surface area contributed by atoms with Crippen LogP contribution >= 0.6 is 11.6 Å². The minimum Gasteiger partial charge on any atom is -0.394 e. The van der Waals surface area contributed by atoms with Crippen molar-refractivity contribution in [1.82, 2.24) is 29.3 Å². The van der Waals surface area contributed by atoms with E-state index in [1.807, 2.05) is 11.6 Å². The van der Waals surface area contributed by atoms with Crippen LogP contribution in [0.5, 0.6) is 0 Å². The normalized spacial score (nSPS) is 25.8. The van der Waals surface area contributed by atoms with Gasteiger partial charge in [0.15, 0.2) is 17.0 Å². The Morgan fingerprint density at radius 2 is 1.90 bits per heavy atom. The predicted molar refractivity (Wildman–Crippen MR) is 110 cm³/mol. The van der Waals surface area contributed by atoms with Crippen LogP contribution in [-0.4, -0.2) is 98.0 Å². The minimum absolute atomic E-state index is 0.148. The lowest BCUT2D eigenvalue weighted by molar-refractivity contribution is -0.175. The number of anilines is 1. The van der Waals surface area contributed by atoms with E-state index in [4.69, 9.17) is 21.3 Å². The minimum atomic E-state index is -0.148. The molecule has 0 spiro atoms. The van der Waals surface area contributed by atoms with Crippen LogP contribution in [0.3, 0.4) is 0 Å². The number of fused-ring (bicyclic) bond motifs is 2. The highest BCUT2D eigenvalue weighted by molar-refractivity contribution is 6.28. The van der Waals surface area contributed by atoms with Crippen LogP contribution in [0.4, 0.5) is 5.82 Å². The molecule has 10 heteroatoms. The number of nitrogens with zero attached hydrogens (tertiary/aromatic N) is 7. The second-order valence-corrected chi connectivity index (χ2v) is 9.20. The van der Waals surface area contributed by atoms with Gasteiger partial charge in [0.05, 0.1) is 26.4 Å². The van der Waals surface area contributed by atoms with Crippen LogP contribution in [0, 0.1) is 0 Å². The number of rotatable bonds is 5. The van der Waals surface area contributed by atoms with E-state index in [0.717, 1.165) is 55.5 Å². The SMILES string of the molecule is Cn1c(CN2CC3C2CN3C(C)(C)CO)nc2c(N3CCOCC3)nc(Cl)nc21. The molecule has 0 amide bonds. The lowest BCUT2D eigenvalue weighted by Gasteiger charge is -2.66. The Balaban J connectivity index is 1.36. The molecule has 0 saturated carbocycles. The van der Waals surface area contributed by atoms with E-state index >= 15 is 0 Å². The number of morpholine rings is 1. The summed E-state index contributed by atoms with van der Waals surface area (Å²) in [7, 11) is 2.00. The Kier molecular flexibility index (Phi) is 4.71. The Labute approximate surface area is 175 Å². The highest BCUT2D eigenvalue weighted by Crippen LogP contribution is 2.39. The smallest absolute Gasteiger partial charge is 0.226 e. The molecular weight excluding hydrogens is 394 g/mol. The third-order valence-electron chi connectivity index (χ3n) is 6.70. The molecule has 1 N–H and O–H groups in total. The summed E-state index contributed by atoms with van der Waals surface area (Å²) < 4.78 is 7.50. The first kappa shape index (κ1) is 19.4. The number of halogens is 1. The summed E-state index contributed by atoms with van der Waals surface area (Å²) in [6.45, 7) is 10.1. The molecule has 9 nitrogen and oxygen atoms in total. The summed E-state index contributed by atoms with van der Waals surface area (Å²) in [5, 5.41) is 9.88. The van der Waals surface area contributed by atoms with Crippen molar-refractivity contribution < 1.29 is 9.84 Å². The second-order valence-electron chi connectivity index (χ2n) is 8.86. The summed E-state index contributed by atoms with van der Waals surface area (Å²) in [5.74, 6) is 1.77. The molecule has 2 aromatic heterocycles. The van der Waals surface area contributed by atoms with Crippen LogP contribution in [0.1, 0.15) is 19.7 Å². The summed E-state index contributed by atoms with van der Waals surface area (Å²) in [4.78, 5) is 20.9. The molecule has 5 heterocycles. The fourth-order valence-corrected chi connectivity index (χ4v) is 4.86. The number of aliphatic hydroxyl groups is 1. The maximum atomic E-state index is 9.63. The Bertz CT molecular complexity index is 927. The number of aryl methyl sites for hydroxylation is 1. The van der Waals surface area contributed by atoms with Gasteiger partial charge in [-0.15, -0.1) is 0 Å². The highest BCUT2D eigenvalue weighted by Gasteiger charge is 2.55. The fraction of sp³-hybridized carbons (Fsp3) is 0.737. The maximum absolute atomic E-state index is 9.63. The number of piperazine rings is 1. The largest absolute Gasteiger partial charge is 0.394 e. The van der Waals surface area contributed by atoms with Crippen molar-refractivity contribution in [1.29, 1.82) is 0 Å². The molecule has 0 aromatic carbocycles. The van der Waals surface area contributed by atoms with Crippen molar-refractivity contribution in [3.63, 3.8) is 0 Å². The average molecular weight is 422 g/mol. The standard InChI is InChI=1S/C19H28ClN7O2/c1-19(2,11-28)27-9-12-13(27)8-26(12)10-14-21-15-16(24(14)3)22-18(20)23-17(15)25-4-6-29-7-5-25/h12-13,28H,4-11H2,1-3H3. The molecule has 158 valence electrons. The summed E-state index contributed by atoms with van der Waals surface area (Å²) in [5.41, 5.74) is 1.43. The summed E-state index contributed by atoms with van der Waals surface area (Å²) in [6.07, 6.45) is 0. The van der Waals surface area contributed by atoms with Gasteiger partial charge in [-0.1, -0.05) is 0 Å². The Morgan fingerprint density at radius 1 is 1.14 bits per heavy atom. The molecule has 2 aromatic rings. The summed E-state index contributed by atoms with van der Waals surface area (Å²) in [6, 6.07) is 1.07. The number of likely N-dealkylation sites (tertiary alicyclic amines) is 2. The van der Waals surface area contributed by atoms with Gasteiger partial charge in [-0.25, -0.2) is 4.98 Å². The van der Waals surface area contributed by atoms with E-state index in [1.165, 1.54) is 0 Å². The molecule has 0 bridgehead atoms. The van der Waals surface area contributed by atoms with E-state index in [0.29, 0.717) is 25.3 Å². The molecule has 2 unspecified atom stereocenters. The van der Waals surface area contributed by atoms with Crippen molar-refractivity contribution in [2.24, 2.45) is 7.05 Å². The van der Waals surface area contributed by atoms with Gasteiger partial charge in [0.2, 0.25) is 5.28 Å². The maximum Gasteiger partial charge on any atom is 0.226 e. The van der Waals surface area contributed by atoms with Gasteiger partial charge in [-0.05, 0) is 25.4 Å². The van der Waals surface area contributed by atoms with Gasteiger partial charge < -0.3 is 19.3 Å².